The molecule has 0 spiro atoms. The van der Waals surface area contributed by atoms with Gasteiger partial charge in [-0.15, -0.1) is 0 Å². The van der Waals surface area contributed by atoms with Crippen molar-refractivity contribution in [3.63, 3.8) is 0 Å². The number of hydrogen-bond acceptors (Lipinski definition) is 4. The van der Waals surface area contributed by atoms with E-state index < -0.39 is 17.8 Å². The van der Waals surface area contributed by atoms with Gasteiger partial charge in [0.05, 0.1) is 13.2 Å². The number of para-hydroxylation sites is 1. The van der Waals surface area contributed by atoms with Crippen LogP contribution in [0.5, 0.6) is 5.75 Å². The third kappa shape index (κ3) is 2.36. The summed E-state index contributed by atoms with van der Waals surface area (Å²) in [6, 6.07) is 6.57. The molecule has 4 amide bonds. The Morgan fingerprint density at radius 2 is 1.65 bits per heavy atom. The molecule has 6 nitrogen and oxygen atoms in total. The number of hydrogen-bond donors (Lipinski definition) is 0. The lowest BCUT2D eigenvalue weighted by molar-refractivity contribution is -0.143. The molecule has 1 fully saturated rings. The van der Waals surface area contributed by atoms with Gasteiger partial charge < -0.3 is 4.74 Å². The predicted octanol–water partition coefficient (Wildman–Crippen LogP) is 1.40. The Labute approximate surface area is 116 Å². The van der Waals surface area contributed by atoms with Gasteiger partial charge in [0.2, 0.25) is 0 Å². The summed E-state index contributed by atoms with van der Waals surface area (Å²) in [7, 11) is 0. The first-order valence-corrected chi connectivity index (χ1v) is 6.48. The molecule has 1 aromatic rings. The van der Waals surface area contributed by atoms with Gasteiger partial charge in [-0.3, -0.25) is 19.4 Å². The average molecular weight is 276 g/mol. The van der Waals surface area contributed by atoms with E-state index in [1.807, 2.05) is 13.0 Å². The van der Waals surface area contributed by atoms with Crippen LogP contribution in [-0.2, 0) is 16.1 Å². The van der Waals surface area contributed by atoms with E-state index in [1.165, 1.54) is 0 Å². The van der Waals surface area contributed by atoms with Crippen molar-refractivity contribution >= 4 is 17.8 Å². The molecule has 0 unspecified atom stereocenters. The Balaban J connectivity index is 2.24. The Hall–Kier alpha value is -2.37. The summed E-state index contributed by atoms with van der Waals surface area (Å²) in [4.78, 5) is 37.4. The normalized spacial score (nSPS) is 15.2. The standard InChI is InChI=1S/C14H16N2O4/c1-3-15-12(17)13(18)16(14(15)19)9-10-7-5-6-8-11(10)20-4-2/h5-8H,3-4,9H2,1-2H3. The molecule has 1 heterocycles. The fourth-order valence-electron chi connectivity index (χ4n) is 2.07. The number of imide groups is 2. The zero-order chi connectivity index (χ0) is 14.7. The minimum absolute atomic E-state index is 0.0378. The molecule has 0 radical (unpaired) electrons. The van der Waals surface area contributed by atoms with E-state index in [9.17, 15) is 14.4 Å². The van der Waals surface area contributed by atoms with Gasteiger partial charge in [-0.1, -0.05) is 18.2 Å². The lowest BCUT2D eigenvalue weighted by Crippen LogP contribution is -2.33. The number of nitrogens with zero attached hydrogens (tertiary/aromatic N) is 2. The summed E-state index contributed by atoms with van der Waals surface area (Å²) >= 11 is 0. The molecule has 0 aliphatic carbocycles. The van der Waals surface area contributed by atoms with Crippen LogP contribution in [0.3, 0.4) is 0 Å². The van der Waals surface area contributed by atoms with Crippen molar-refractivity contribution in [1.29, 1.82) is 0 Å². The number of carbonyl (C=O) groups is 3. The van der Waals surface area contributed by atoms with Gasteiger partial charge in [-0.05, 0) is 19.9 Å². The van der Waals surface area contributed by atoms with Crippen molar-refractivity contribution < 1.29 is 19.1 Å². The van der Waals surface area contributed by atoms with E-state index in [4.69, 9.17) is 4.74 Å². The molecule has 1 saturated heterocycles. The number of carbonyl (C=O) groups excluding carboxylic acids is 3. The van der Waals surface area contributed by atoms with Gasteiger partial charge in [0.15, 0.2) is 0 Å². The van der Waals surface area contributed by atoms with Crippen LogP contribution in [0.2, 0.25) is 0 Å². The zero-order valence-electron chi connectivity index (χ0n) is 11.5. The van der Waals surface area contributed by atoms with E-state index in [0.717, 1.165) is 9.80 Å². The first-order valence-electron chi connectivity index (χ1n) is 6.48. The molecule has 0 aromatic heterocycles. The molecule has 1 aromatic carbocycles. The van der Waals surface area contributed by atoms with Crippen molar-refractivity contribution in [1.82, 2.24) is 9.80 Å². The van der Waals surface area contributed by atoms with Crippen LogP contribution in [0, 0.1) is 0 Å². The molecule has 0 atom stereocenters. The van der Waals surface area contributed by atoms with Crippen molar-refractivity contribution in [2.75, 3.05) is 13.2 Å². The summed E-state index contributed by atoms with van der Waals surface area (Å²) in [5, 5.41) is 0. The van der Waals surface area contributed by atoms with Crippen LogP contribution in [0.25, 0.3) is 0 Å². The van der Waals surface area contributed by atoms with E-state index in [1.54, 1.807) is 25.1 Å². The molecular weight excluding hydrogens is 260 g/mol. The van der Waals surface area contributed by atoms with E-state index >= 15 is 0 Å². The second kappa shape index (κ2) is 5.73. The molecule has 0 bridgehead atoms. The molecule has 1 aliphatic heterocycles. The Morgan fingerprint density at radius 1 is 1.00 bits per heavy atom. The highest BCUT2D eigenvalue weighted by Gasteiger charge is 2.43. The minimum Gasteiger partial charge on any atom is -0.494 e. The summed E-state index contributed by atoms with van der Waals surface area (Å²) in [6.45, 7) is 4.22. The maximum absolute atomic E-state index is 12.0. The van der Waals surface area contributed by atoms with Gasteiger partial charge >= 0.3 is 17.8 Å². The molecular formula is C14H16N2O4. The van der Waals surface area contributed by atoms with E-state index in [2.05, 4.69) is 0 Å². The second-order valence-corrected chi connectivity index (χ2v) is 4.26. The van der Waals surface area contributed by atoms with Gasteiger partial charge in [0.25, 0.3) is 0 Å². The van der Waals surface area contributed by atoms with E-state index in [0.29, 0.717) is 17.9 Å². The van der Waals surface area contributed by atoms with Crippen LogP contribution in [0.1, 0.15) is 19.4 Å². The third-order valence-corrected chi connectivity index (χ3v) is 3.05. The van der Waals surface area contributed by atoms with Crippen LogP contribution < -0.4 is 4.74 Å². The molecule has 20 heavy (non-hydrogen) atoms. The minimum atomic E-state index is -0.789. The monoisotopic (exact) mass is 276 g/mol. The van der Waals surface area contributed by atoms with Crippen LogP contribution >= 0.6 is 0 Å². The van der Waals surface area contributed by atoms with Crippen molar-refractivity contribution in [2.24, 2.45) is 0 Å². The highest BCUT2D eigenvalue weighted by molar-refractivity contribution is 6.44. The predicted molar refractivity (Wildman–Crippen MR) is 70.9 cm³/mol. The van der Waals surface area contributed by atoms with Crippen LogP contribution in [0.15, 0.2) is 24.3 Å². The molecule has 2 rings (SSSR count). The summed E-state index contributed by atoms with van der Waals surface area (Å²) in [5.74, 6) is -0.951. The first-order chi connectivity index (χ1) is 9.60. The SMILES string of the molecule is CCOc1ccccc1CN1C(=O)C(=O)N(CC)C1=O. The fourth-order valence-corrected chi connectivity index (χ4v) is 2.07. The maximum atomic E-state index is 12.0. The average Bonchev–Trinajstić information content (AvgIpc) is 2.65. The van der Waals surface area contributed by atoms with Crippen molar-refractivity contribution in [3.05, 3.63) is 29.8 Å². The first kappa shape index (κ1) is 14.0. The Kier molecular flexibility index (Phi) is 4.02. The molecule has 1 aliphatic rings. The van der Waals surface area contributed by atoms with E-state index in [-0.39, 0.29) is 13.1 Å². The summed E-state index contributed by atoms with van der Waals surface area (Å²) < 4.78 is 5.45. The summed E-state index contributed by atoms with van der Waals surface area (Å²) in [5.41, 5.74) is 0.696. The Morgan fingerprint density at radius 3 is 2.25 bits per heavy atom. The largest absolute Gasteiger partial charge is 0.494 e. The number of benzene rings is 1. The Bertz CT molecular complexity index is 556. The zero-order valence-corrected chi connectivity index (χ0v) is 11.5. The molecule has 106 valence electrons. The number of urea groups is 1. The topological polar surface area (TPSA) is 66.9 Å². The van der Waals surface area contributed by atoms with Crippen molar-refractivity contribution in [2.45, 2.75) is 20.4 Å². The molecule has 0 saturated carbocycles. The number of likely N-dealkylation sites (N-methyl/N-ethyl adjacent to an activating group) is 1. The number of amides is 4. The molecule has 6 heteroatoms. The number of rotatable bonds is 5. The van der Waals surface area contributed by atoms with Crippen molar-refractivity contribution in [3.8, 4) is 5.75 Å². The van der Waals surface area contributed by atoms with Gasteiger partial charge in [-0.2, -0.15) is 0 Å². The highest BCUT2D eigenvalue weighted by atomic mass is 16.5. The van der Waals surface area contributed by atoms with Gasteiger partial charge in [0, 0.05) is 12.1 Å². The molecule has 0 N–H and O–H groups in total. The summed E-state index contributed by atoms with van der Waals surface area (Å²) in [6.07, 6.45) is 0. The van der Waals surface area contributed by atoms with Crippen LogP contribution in [-0.4, -0.2) is 40.8 Å². The second-order valence-electron chi connectivity index (χ2n) is 4.26. The third-order valence-electron chi connectivity index (χ3n) is 3.05. The lowest BCUT2D eigenvalue weighted by atomic mass is 10.2. The highest BCUT2D eigenvalue weighted by Crippen LogP contribution is 2.22. The van der Waals surface area contributed by atoms with Crippen LogP contribution in [0.4, 0.5) is 4.79 Å². The maximum Gasteiger partial charge on any atom is 0.334 e. The fraction of sp³-hybridized carbons (Fsp3) is 0.357. The smallest absolute Gasteiger partial charge is 0.334 e. The quantitative estimate of drug-likeness (QED) is 0.602. The van der Waals surface area contributed by atoms with Gasteiger partial charge in [-0.25, -0.2) is 4.79 Å². The number of ether oxygens (including phenoxy) is 1. The van der Waals surface area contributed by atoms with Gasteiger partial charge in [0.1, 0.15) is 5.75 Å². The lowest BCUT2D eigenvalue weighted by Gasteiger charge is -2.16.